The molecule has 0 saturated heterocycles. The van der Waals surface area contributed by atoms with Crippen LogP contribution in [0.1, 0.15) is 18.1 Å². The number of fused-ring (bicyclic) bond motifs is 1. The van der Waals surface area contributed by atoms with Gasteiger partial charge < -0.3 is 9.47 Å². The number of aryl methyl sites for hydroxylation is 2. The average Bonchev–Trinajstić information content (AvgIpc) is 2.54. The van der Waals surface area contributed by atoms with E-state index in [1.165, 1.54) is 5.56 Å². The molecular formula is C20H21O3+. The fourth-order valence-corrected chi connectivity index (χ4v) is 2.83. The van der Waals surface area contributed by atoms with Crippen molar-refractivity contribution in [2.24, 2.45) is 0 Å². The Labute approximate surface area is 136 Å². The fourth-order valence-electron chi connectivity index (χ4n) is 2.83. The van der Waals surface area contributed by atoms with Crippen LogP contribution in [0.3, 0.4) is 0 Å². The molecule has 0 atom stereocenters. The van der Waals surface area contributed by atoms with Gasteiger partial charge in [-0.05, 0) is 56.2 Å². The van der Waals surface area contributed by atoms with Gasteiger partial charge in [-0.15, -0.1) is 0 Å². The van der Waals surface area contributed by atoms with E-state index in [9.17, 15) is 0 Å². The normalized spacial score (nSPS) is 10.8. The van der Waals surface area contributed by atoms with Crippen molar-refractivity contribution in [2.75, 3.05) is 13.7 Å². The lowest BCUT2D eigenvalue weighted by atomic mass is 10.0. The maximum Gasteiger partial charge on any atom is 0.365 e. The highest BCUT2D eigenvalue weighted by Crippen LogP contribution is 2.35. The van der Waals surface area contributed by atoms with Gasteiger partial charge in [0, 0.05) is 6.07 Å². The third kappa shape index (κ3) is 3.00. The average molecular weight is 309 g/mol. The van der Waals surface area contributed by atoms with E-state index in [2.05, 4.69) is 26.0 Å². The van der Waals surface area contributed by atoms with Crippen LogP contribution in [0, 0.1) is 13.8 Å². The Bertz CT molecular complexity index is 836. The van der Waals surface area contributed by atoms with Gasteiger partial charge in [-0.25, -0.2) is 4.42 Å². The summed E-state index contributed by atoms with van der Waals surface area (Å²) in [7, 11) is 1.66. The maximum absolute atomic E-state index is 6.15. The number of benzene rings is 2. The van der Waals surface area contributed by atoms with Crippen molar-refractivity contribution in [2.45, 2.75) is 20.8 Å². The second-order valence-electron chi connectivity index (χ2n) is 5.59. The molecule has 0 saturated carbocycles. The van der Waals surface area contributed by atoms with Crippen molar-refractivity contribution in [1.82, 2.24) is 0 Å². The first-order valence-electron chi connectivity index (χ1n) is 7.77. The van der Waals surface area contributed by atoms with E-state index < -0.39 is 0 Å². The molecule has 0 fully saturated rings. The first kappa shape index (κ1) is 15.3. The molecule has 0 aliphatic rings. The Morgan fingerprint density at radius 2 is 1.74 bits per heavy atom. The quantitative estimate of drug-likeness (QED) is 0.604. The fraction of sp³-hybridized carbons (Fsp3) is 0.250. The molecule has 23 heavy (non-hydrogen) atoms. The molecule has 118 valence electrons. The van der Waals surface area contributed by atoms with Crippen molar-refractivity contribution >= 4 is 11.0 Å². The van der Waals surface area contributed by atoms with Crippen molar-refractivity contribution in [1.29, 1.82) is 0 Å². The summed E-state index contributed by atoms with van der Waals surface area (Å²) >= 11 is 0. The van der Waals surface area contributed by atoms with E-state index in [1.807, 2.05) is 37.3 Å². The Balaban J connectivity index is 2.21. The predicted molar refractivity (Wildman–Crippen MR) is 93.3 cm³/mol. The summed E-state index contributed by atoms with van der Waals surface area (Å²) in [4.78, 5) is 0. The molecule has 0 aliphatic heterocycles. The topological polar surface area (TPSA) is 29.8 Å². The first-order valence-corrected chi connectivity index (χ1v) is 7.77. The smallest absolute Gasteiger partial charge is 0.365 e. The molecule has 0 bridgehead atoms. The second-order valence-corrected chi connectivity index (χ2v) is 5.59. The number of hydrogen-bond acceptors (Lipinski definition) is 2. The molecule has 2 aromatic carbocycles. The minimum Gasteiger partial charge on any atom is -0.497 e. The lowest BCUT2D eigenvalue weighted by Crippen LogP contribution is -1.95. The first-order chi connectivity index (χ1) is 11.1. The molecule has 3 aromatic rings. The van der Waals surface area contributed by atoms with Gasteiger partial charge in [0.1, 0.15) is 16.9 Å². The Kier molecular flexibility index (Phi) is 4.20. The van der Waals surface area contributed by atoms with Crippen LogP contribution >= 0.6 is 0 Å². The van der Waals surface area contributed by atoms with Crippen LogP contribution < -0.4 is 9.47 Å². The van der Waals surface area contributed by atoms with Gasteiger partial charge in [-0.2, -0.15) is 0 Å². The molecule has 1 heterocycles. The minimum atomic E-state index is 0.620. The van der Waals surface area contributed by atoms with Gasteiger partial charge in [0.15, 0.2) is 0 Å². The molecular weight excluding hydrogens is 288 g/mol. The number of methoxy groups -OCH3 is 1. The molecule has 0 N–H and O–H groups in total. The zero-order valence-electron chi connectivity index (χ0n) is 14.0. The van der Waals surface area contributed by atoms with Crippen molar-refractivity contribution in [3.05, 3.63) is 53.6 Å². The molecule has 1 aromatic heterocycles. The van der Waals surface area contributed by atoms with Gasteiger partial charge in [0.25, 0.3) is 0 Å². The van der Waals surface area contributed by atoms with Crippen LogP contribution in [-0.4, -0.2) is 13.7 Å². The van der Waals surface area contributed by atoms with E-state index in [0.717, 1.165) is 39.4 Å². The van der Waals surface area contributed by atoms with Crippen LogP contribution in [0.5, 0.6) is 11.5 Å². The van der Waals surface area contributed by atoms with Crippen LogP contribution in [0.2, 0.25) is 0 Å². The molecule has 0 spiro atoms. The van der Waals surface area contributed by atoms with Gasteiger partial charge in [-0.1, -0.05) is 6.07 Å². The minimum absolute atomic E-state index is 0.620. The van der Waals surface area contributed by atoms with E-state index >= 15 is 0 Å². The van der Waals surface area contributed by atoms with Crippen LogP contribution in [0.15, 0.2) is 46.9 Å². The van der Waals surface area contributed by atoms with Gasteiger partial charge >= 0.3 is 11.3 Å². The third-order valence-electron chi connectivity index (χ3n) is 3.85. The second kappa shape index (κ2) is 6.29. The van der Waals surface area contributed by atoms with E-state index in [0.29, 0.717) is 6.61 Å². The lowest BCUT2D eigenvalue weighted by molar-refractivity contribution is 0.342. The van der Waals surface area contributed by atoms with E-state index in [-0.39, 0.29) is 0 Å². The summed E-state index contributed by atoms with van der Waals surface area (Å²) in [6, 6.07) is 14.0. The van der Waals surface area contributed by atoms with Gasteiger partial charge in [-0.3, -0.25) is 0 Å². The highest BCUT2D eigenvalue weighted by molar-refractivity contribution is 5.89. The molecule has 3 nitrogen and oxygen atoms in total. The summed E-state index contributed by atoms with van der Waals surface area (Å²) in [5.74, 6) is 2.47. The Morgan fingerprint density at radius 1 is 1.00 bits per heavy atom. The maximum atomic E-state index is 6.15. The summed E-state index contributed by atoms with van der Waals surface area (Å²) in [6.07, 6.45) is 0. The van der Waals surface area contributed by atoms with Gasteiger partial charge in [0.2, 0.25) is 0 Å². The standard InChI is InChI=1S/C20H21O3/c1-5-22-18-12-17(15-6-8-16(21-4)9-7-15)23-19-11-13(2)10-14(3)20(18)19/h6-12H,5H2,1-4H3/q+1. The SMILES string of the molecule is CCOc1cc(-c2ccc(OC)cc2)[o+]c2cc(C)cc(C)c12. The number of hydrogen-bond donors (Lipinski definition) is 0. The van der Waals surface area contributed by atoms with Crippen LogP contribution in [-0.2, 0) is 0 Å². The molecule has 0 amide bonds. The Hall–Kier alpha value is -2.55. The van der Waals surface area contributed by atoms with Crippen molar-refractivity contribution in [3.8, 4) is 22.8 Å². The highest BCUT2D eigenvalue weighted by Gasteiger charge is 2.22. The molecule has 3 rings (SSSR count). The van der Waals surface area contributed by atoms with Crippen molar-refractivity contribution in [3.63, 3.8) is 0 Å². The number of ether oxygens (including phenoxy) is 2. The van der Waals surface area contributed by atoms with Crippen molar-refractivity contribution < 1.29 is 13.9 Å². The highest BCUT2D eigenvalue weighted by atomic mass is 16.5. The third-order valence-corrected chi connectivity index (χ3v) is 3.85. The monoisotopic (exact) mass is 309 g/mol. The zero-order chi connectivity index (χ0) is 16.4. The molecule has 0 radical (unpaired) electrons. The lowest BCUT2D eigenvalue weighted by Gasteiger charge is -2.07. The largest absolute Gasteiger partial charge is 0.497 e. The molecule has 0 unspecified atom stereocenters. The van der Waals surface area contributed by atoms with E-state index in [4.69, 9.17) is 13.9 Å². The van der Waals surface area contributed by atoms with E-state index in [1.54, 1.807) is 7.11 Å². The summed E-state index contributed by atoms with van der Waals surface area (Å²) in [6.45, 7) is 6.77. The Morgan fingerprint density at radius 3 is 2.39 bits per heavy atom. The summed E-state index contributed by atoms with van der Waals surface area (Å²) in [5, 5.41) is 1.04. The number of rotatable bonds is 4. The predicted octanol–water partition coefficient (Wildman–Crippen LogP) is 5.41. The molecule has 0 aliphatic carbocycles. The summed E-state index contributed by atoms with van der Waals surface area (Å²) < 4.78 is 17.2. The van der Waals surface area contributed by atoms with Crippen LogP contribution in [0.4, 0.5) is 0 Å². The molecule has 3 heteroatoms. The zero-order valence-corrected chi connectivity index (χ0v) is 14.0. The van der Waals surface area contributed by atoms with Gasteiger partial charge in [0.05, 0.1) is 25.3 Å². The summed E-state index contributed by atoms with van der Waals surface area (Å²) in [5.41, 5.74) is 4.17. The van der Waals surface area contributed by atoms with Crippen LogP contribution in [0.25, 0.3) is 22.3 Å².